The first kappa shape index (κ1) is 22.1. The molecule has 1 aliphatic rings. The number of hydrogen-bond acceptors (Lipinski definition) is 0. The van der Waals surface area contributed by atoms with Crippen LogP contribution in [0.1, 0.15) is 5.56 Å². The van der Waals surface area contributed by atoms with E-state index in [4.69, 9.17) is 0 Å². The van der Waals surface area contributed by atoms with Crippen molar-refractivity contribution in [1.82, 2.24) is 0 Å². The number of fused-ring (bicyclic) bond motifs is 4. The molecule has 0 radical (unpaired) electrons. The van der Waals surface area contributed by atoms with Crippen molar-refractivity contribution >= 4 is 21.5 Å². The van der Waals surface area contributed by atoms with E-state index in [1.165, 1.54) is 82.7 Å². The third-order valence-electron chi connectivity index (χ3n) is 8.27. The molecule has 0 aliphatic heterocycles. The van der Waals surface area contributed by atoms with E-state index < -0.39 is 0 Å². The summed E-state index contributed by atoms with van der Waals surface area (Å²) in [6.45, 7) is 2.15. The second-order valence-electron chi connectivity index (χ2n) is 10.6. The smallest absolute Gasteiger partial charge is 0.00137 e. The van der Waals surface area contributed by atoms with Crippen LogP contribution < -0.4 is 0 Å². The van der Waals surface area contributed by atoms with Crippen molar-refractivity contribution in [2.75, 3.05) is 0 Å². The molecule has 0 heterocycles. The second-order valence-corrected chi connectivity index (χ2v) is 10.6. The zero-order valence-electron chi connectivity index (χ0n) is 21.8. The lowest BCUT2D eigenvalue weighted by atomic mass is 9.84. The van der Waals surface area contributed by atoms with Crippen molar-refractivity contribution in [3.8, 4) is 55.6 Å². The largest absolute Gasteiger partial charge is 0.0622 e. The van der Waals surface area contributed by atoms with Crippen molar-refractivity contribution < 1.29 is 0 Å². The van der Waals surface area contributed by atoms with Gasteiger partial charge in [0.1, 0.15) is 0 Å². The molecule has 0 atom stereocenters. The molecule has 0 heteroatoms. The first-order chi connectivity index (χ1) is 19.3. The fourth-order valence-electron chi connectivity index (χ4n) is 6.44. The third-order valence-corrected chi connectivity index (χ3v) is 8.27. The van der Waals surface area contributed by atoms with E-state index in [1.54, 1.807) is 0 Å². The van der Waals surface area contributed by atoms with Crippen LogP contribution >= 0.6 is 0 Å². The molecule has 8 rings (SSSR count). The van der Waals surface area contributed by atoms with Gasteiger partial charge in [0.25, 0.3) is 0 Å². The Labute approximate surface area is 228 Å². The van der Waals surface area contributed by atoms with Gasteiger partial charge in [-0.05, 0) is 96.2 Å². The van der Waals surface area contributed by atoms with Gasteiger partial charge in [0.2, 0.25) is 0 Å². The average molecular weight is 495 g/mol. The molecular formula is C39H26. The Morgan fingerprint density at radius 2 is 0.872 bits per heavy atom. The van der Waals surface area contributed by atoms with Crippen LogP contribution in [0.5, 0.6) is 0 Å². The van der Waals surface area contributed by atoms with Gasteiger partial charge >= 0.3 is 0 Å². The summed E-state index contributed by atoms with van der Waals surface area (Å²) in [5.41, 5.74) is 14.2. The molecule has 7 aromatic rings. The molecule has 39 heavy (non-hydrogen) atoms. The predicted molar refractivity (Wildman–Crippen MR) is 167 cm³/mol. The number of rotatable bonds is 3. The molecule has 0 amide bonds. The maximum absolute atomic E-state index is 2.39. The standard InChI is InChI=1S/C39H26/c1-25-17-19-27(20-18-25)31-21-22-32(39-34-16-8-14-28-13-7-15-33(37(28)34)38(31)39)36-24-30-12-6-5-11-29(30)23-35(36)26-9-3-2-4-10-26/h2-24H,1H3. The summed E-state index contributed by atoms with van der Waals surface area (Å²) in [6, 6.07) is 51.4. The van der Waals surface area contributed by atoms with Crippen LogP contribution in [0.2, 0.25) is 0 Å². The van der Waals surface area contributed by atoms with E-state index in [2.05, 4.69) is 146 Å². The summed E-state index contributed by atoms with van der Waals surface area (Å²) < 4.78 is 0. The minimum atomic E-state index is 1.24. The number of aryl methyl sites for hydroxylation is 1. The molecule has 0 spiro atoms. The first-order valence-corrected chi connectivity index (χ1v) is 13.6. The van der Waals surface area contributed by atoms with Gasteiger partial charge < -0.3 is 0 Å². The van der Waals surface area contributed by atoms with Crippen LogP contribution in [0.15, 0.2) is 140 Å². The molecule has 0 unspecified atom stereocenters. The van der Waals surface area contributed by atoms with Gasteiger partial charge in [-0.1, -0.05) is 133 Å². The van der Waals surface area contributed by atoms with Gasteiger partial charge in [-0.25, -0.2) is 0 Å². The Balaban J connectivity index is 1.50. The molecule has 0 fully saturated rings. The first-order valence-electron chi connectivity index (χ1n) is 13.6. The Hall–Kier alpha value is -4.94. The van der Waals surface area contributed by atoms with E-state index >= 15 is 0 Å². The normalized spacial score (nSPS) is 11.7. The lowest BCUT2D eigenvalue weighted by molar-refractivity contribution is 1.47. The highest BCUT2D eigenvalue weighted by atomic mass is 14.3. The molecule has 0 saturated heterocycles. The van der Waals surface area contributed by atoms with Gasteiger partial charge in [-0.15, -0.1) is 0 Å². The number of benzene rings is 7. The summed E-state index contributed by atoms with van der Waals surface area (Å²) >= 11 is 0. The molecule has 182 valence electrons. The van der Waals surface area contributed by atoms with E-state index in [1.807, 2.05) is 0 Å². The van der Waals surface area contributed by atoms with Crippen LogP contribution in [0, 0.1) is 6.92 Å². The van der Waals surface area contributed by atoms with Crippen LogP contribution in [0.4, 0.5) is 0 Å². The van der Waals surface area contributed by atoms with Crippen LogP contribution in [0.25, 0.3) is 77.2 Å². The van der Waals surface area contributed by atoms with Crippen molar-refractivity contribution in [3.63, 3.8) is 0 Å². The summed E-state index contributed by atoms with van der Waals surface area (Å²) in [6.07, 6.45) is 0. The van der Waals surface area contributed by atoms with Crippen molar-refractivity contribution in [3.05, 3.63) is 145 Å². The Bertz CT molecular complexity index is 2040. The second kappa shape index (κ2) is 8.55. The zero-order valence-corrected chi connectivity index (χ0v) is 21.8. The minimum Gasteiger partial charge on any atom is -0.0622 e. The fourth-order valence-corrected chi connectivity index (χ4v) is 6.44. The third kappa shape index (κ3) is 3.39. The maximum atomic E-state index is 2.39. The Kier molecular flexibility index (Phi) is 4.84. The molecule has 0 N–H and O–H groups in total. The molecule has 0 bridgehead atoms. The van der Waals surface area contributed by atoms with Gasteiger partial charge in [0, 0.05) is 0 Å². The Morgan fingerprint density at radius 3 is 1.56 bits per heavy atom. The van der Waals surface area contributed by atoms with Crippen molar-refractivity contribution in [2.45, 2.75) is 6.92 Å². The fraction of sp³-hybridized carbons (Fsp3) is 0.0256. The van der Waals surface area contributed by atoms with E-state index in [0.29, 0.717) is 0 Å². The molecule has 7 aromatic carbocycles. The van der Waals surface area contributed by atoms with Gasteiger partial charge in [0.15, 0.2) is 0 Å². The van der Waals surface area contributed by atoms with Crippen LogP contribution in [-0.4, -0.2) is 0 Å². The SMILES string of the molecule is Cc1ccc(-c2ccc(-c3cc4ccccc4cc3-c3ccccc3)c3c2-c2cccc4cccc-3c24)cc1. The quantitative estimate of drug-likeness (QED) is 0.229. The molecular weight excluding hydrogens is 468 g/mol. The summed E-state index contributed by atoms with van der Waals surface area (Å²) in [7, 11) is 0. The van der Waals surface area contributed by atoms with E-state index in [-0.39, 0.29) is 0 Å². The summed E-state index contributed by atoms with van der Waals surface area (Å²) in [5.74, 6) is 0. The average Bonchev–Trinajstić information content (AvgIpc) is 3.33. The maximum Gasteiger partial charge on any atom is -0.00137 e. The number of hydrogen-bond donors (Lipinski definition) is 0. The zero-order chi connectivity index (χ0) is 25.9. The highest BCUT2D eigenvalue weighted by Gasteiger charge is 2.28. The van der Waals surface area contributed by atoms with Gasteiger partial charge in [-0.2, -0.15) is 0 Å². The van der Waals surface area contributed by atoms with E-state index in [9.17, 15) is 0 Å². The van der Waals surface area contributed by atoms with Crippen LogP contribution in [0.3, 0.4) is 0 Å². The molecule has 0 nitrogen and oxygen atoms in total. The van der Waals surface area contributed by atoms with E-state index in [0.717, 1.165) is 0 Å². The lowest BCUT2D eigenvalue weighted by Crippen LogP contribution is -1.92. The predicted octanol–water partition coefficient (Wildman–Crippen LogP) is 10.9. The summed E-state index contributed by atoms with van der Waals surface area (Å²) in [5, 5.41) is 5.18. The van der Waals surface area contributed by atoms with Crippen LogP contribution in [-0.2, 0) is 0 Å². The van der Waals surface area contributed by atoms with Gasteiger partial charge in [0.05, 0.1) is 0 Å². The van der Waals surface area contributed by atoms with Crippen molar-refractivity contribution in [1.29, 1.82) is 0 Å². The lowest BCUT2D eigenvalue weighted by Gasteiger charge is -2.19. The monoisotopic (exact) mass is 494 g/mol. The summed E-state index contributed by atoms with van der Waals surface area (Å²) in [4.78, 5) is 0. The highest BCUT2D eigenvalue weighted by Crippen LogP contribution is 2.55. The minimum absolute atomic E-state index is 1.24. The topological polar surface area (TPSA) is 0 Å². The van der Waals surface area contributed by atoms with Crippen molar-refractivity contribution in [2.24, 2.45) is 0 Å². The molecule has 1 aliphatic carbocycles. The Morgan fingerprint density at radius 1 is 0.333 bits per heavy atom. The molecule has 0 aromatic heterocycles. The molecule has 0 saturated carbocycles. The van der Waals surface area contributed by atoms with Gasteiger partial charge in [-0.3, -0.25) is 0 Å². The highest BCUT2D eigenvalue weighted by molar-refractivity contribution is 6.21.